The Bertz CT molecular complexity index is 492. The number of carbonyl (C=O) groups excluding carboxylic acids is 1. The molecular weight excluding hydrogens is 248 g/mol. The smallest absolute Gasteiger partial charge is 0.337 e. The zero-order valence-electron chi connectivity index (χ0n) is 10.4. The molecule has 1 aliphatic rings. The molecule has 1 aliphatic heterocycles. The summed E-state index contributed by atoms with van der Waals surface area (Å²) in [5.41, 5.74) is 6.21. The molecule has 1 aromatic rings. The number of aromatic carboxylic acids is 1. The van der Waals surface area contributed by atoms with E-state index in [-0.39, 0.29) is 17.6 Å². The van der Waals surface area contributed by atoms with Crippen molar-refractivity contribution in [1.82, 2.24) is 9.88 Å². The number of anilines is 1. The number of amides is 2. The molecule has 2 rings (SSSR count). The number of hydrogen-bond donors (Lipinski definition) is 3. The van der Waals surface area contributed by atoms with Crippen molar-refractivity contribution in [2.45, 2.75) is 18.9 Å². The van der Waals surface area contributed by atoms with Gasteiger partial charge in [-0.05, 0) is 18.9 Å². The van der Waals surface area contributed by atoms with Gasteiger partial charge in [0.1, 0.15) is 0 Å². The minimum Gasteiger partial charge on any atom is -0.478 e. The van der Waals surface area contributed by atoms with E-state index in [4.69, 9.17) is 10.8 Å². The lowest BCUT2D eigenvalue weighted by Gasteiger charge is -2.30. The lowest BCUT2D eigenvalue weighted by molar-refractivity contribution is 0.0696. The first kappa shape index (κ1) is 13.3. The number of likely N-dealkylation sites (tertiary alicyclic amines) is 1. The van der Waals surface area contributed by atoms with E-state index < -0.39 is 5.97 Å². The van der Waals surface area contributed by atoms with Gasteiger partial charge in [-0.15, -0.1) is 0 Å². The van der Waals surface area contributed by atoms with Gasteiger partial charge in [-0.2, -0.15) is 0 Å². The molecule has 0 spiro atoms. The standard InChI is InChI=1S/C12H16N4O3/c13-9-2-1-3-16(7-9)12(19)15-10-4-8(11(17)18)5-14-6-10/h4-6,9H,1-3,7,13H2,(H,15,19)(H,17,18). The van der Waals surface area contributed by atoms with E-state index in [1.807, 2.05) is 0 Å². The summed E-state index contributed by atoms with van der Waals surface area (Å²) in [4.78, 5) is 28.2. The van der Waals surface area contributed by atoms with E-state index in [0.717, 1.165) is 12.8 Å². The van der Waals surface area contributed by atoms with Crippen LogP contribution in [0, 0.1) is 0 Å². The molecule has 1 atom stereocenters. The molecule has 2 amide bonds. The number of nitrogens with one attached hydrogen (secondary N) is 1. The highest BCUT2D eigenvalue weighted by molar-refractivity contribution is 5.92. The molecule has 0 bridgehead atoms. The zero-order valence-corrected chi connectivity index (χ0v) is 10.4. The lowest BCUT2D eigenvalue weighted by Crippen LogP contribution is -2.47. The van der Waals surface area contributed by atoms with Crippen LogP contribution in [0.2, 0.25) is 0 Å². The maximum Gasteiger partial charge on any atom is 0.337 e. The first-order valence-electron chi connectivity index (χ1n) is 6.06. The fourth-order valence-electron chi connectivity index (χ4n) is 2.02. The quantitative estimate of drug-likeness (QED) is 0.729. The molecule has 19 heavy (non-hydrogen) atoms. The van der Waals surface area contributed by atoms with E-state index in [1.165, 1.54) is 18.5 Å². The second kappa shape index (κ2) is 5.66. The molecule has 0 aromatic carbocycles. The van der Waals surface area contributed by atoms with Gasteiger partial charge in [0.05, 0.1) is 17.4 Å². The van der Waals surface area contributed by atoms with Gasteiger partial charge in [-0.25, -0.2) is 9.59 Å². The number of hydrogen-bond acceptors (Lipinski definition) is 4. The summed E-state index contributed by atoms with van der Waals surface area (Å²) in [6, 6.07) is 1.10. The normalized spacial score (nSPS) is 19.0. The number of pyridine rings is 1. The fraction of sp³-hybridized carbons (Fsp3) is 0.417. The van der Waals surface area contributed by atoms with Crippen LogP contribution in [0.15, 0.2) is 18.5 Å². The summed E-state index contributed by atoms with van der Waals surface area (Å²) >= 11 is 0. The van der Waals surface area contributed by atoms with Crippen LogP contribution in [0.25, 0.3) is 0 Å². The number of urea groups is 1. The fourth-order valence-corrected chi connectivity index (χ4v) is 2.02. The van der Waals surface area contributed by atoms with Crippen LogP contribution in [0.3, 0.4) is 0 Å². The molecule has 7 heteroatoms. The van der Waals surface area contributed by atoms with Gasteiger partial charge < -0.3 is 21.1 Å². The van der Waals surface area contributed by atoms with E-state index in [0.29, 0.717) is 18.8 Å². The summed E-state index contributed by atoms with van der Waals surface area (Å²) in [6.45, 7) is 1.17. The number of rotatable bonds is 2. The van der Waals surface area contributed by atoms with E-state index >= 15 is 0 Å². The SMILES string of the molecule is NC1CCCN(C(=O)Nc2cncc(C(=O)O)c2)C1. The highest BCUT2D eigenvalue weighted by Crippen LogP contribution is 2.12. The molecule has 102 valence electrons. The van der Waals surface area contributed by atoms with Gasteiger partial charge in [-0.3, -0.25) is 4.98 Å². The summed E-state index contributed by atoms with van der Waals surface area (Å²) in [7, 11) is 0. The monoisotopic (exact) mass is 264 g/mol. The molecule has 0 radical (unpaired) electrons. The number of carboxylic acids is 1. The van der Waals surface area contributed by atoms with Gasteiger partial charge in [0.25, 0.3) is 0 Å². The van der Waals surface area contributed by atoms with Crippen LogP contribution in [0.4, 0.5) is 10.5 Å². The first-order valence-corrected chi connectivity index (χ1v) is 6.06. The van der Waals surface area contributed by atoms with Crippen molar-refractivity contribution < 1.29 is 14.7 Å². The van der Waals surface area contributed by atoms with Crippen LogP contribution < -0.4 is 11.1 Å². The summed E-state index contributed by atoms with van der Waals surface area (Å²) in [6.07, 6.45) is 4.44. The summed E-state index contributed by atoms with van der Waals surface area (Å²) < 4.78 is 0. The Labute approximate surface area is 110 Å². The van der Waals surface area contributed by atoms with E-state index in [1.54, 1.807) is 4.90 Å². The Kier molecular flexibility index (Phi) is 3.96. The van der Waals surface area contributed by atoms with Crippen molar-refractivity contribution in [1.29, 1.82) is 0 Å². The Morgan fingerprint density at radius 2 is 2.26 bits per heavy atom. The van der Waals surface area contributed by atoms with Gasteiger partial charge in [-0.1, -0.05) is 0 Å². The van der Waals surface area contributed by atoms with Crippen LogP contribution in [0.5, 0.6) is 0 Å². The molecule has 0 saturated carbocycles. The molecule has 1 unspecified atom stereocenters. The molecule has 1 aromatic heterocycles. The Morgan fingerprint density at radius 3 is 2.95 bits per heavy atom. The molecule has 1 saturated heterocycles. The Balaban J connectivity index is 2.02. The number of nitrogens with two attached hydrogens (primary N) is 1. The summed E-state index contributed by atoms with van der Waals surface area (Å²) in [5.74, 6) is -1.08. The average Bonchev–Trinajstić information content (AvgIpc) is 2.39. The van der Waals surface area contributed by atoms with Gasteiger partial charge >= 0.3 is 12.0 Å². The van der Waals surface area contributed by atoms with Crippen LogP contribution in [-0.4, -0.2) is 46.1 Å². The van der Waals surface area contributed by atoms with Crippen LogP contribution in [0.1, 0.15) is 23.2 Å². The van der Waals surface area contributed by atoms with Gasteiger partial charge in [0.2, 0.25) is 0 Å². The van der Waals surface area contributed by atoms with Crippen molar-refractivity contribution in [2.24, 2.45) is 5.73 Å². The Hall–Kier alpha value is -2.15. The number of nitrogens with zero attached hydrogens (tertiary/aromatic N) is 2. The number of carbonyl (C=O) groups is 2. The minimum atomic E-state index is -1.08. The average molecular weight is 264 g/mol. The second-order valence-corrected chi connectivity index (χ2v) is 4.55. The molecule has 4 N–H and O–H groups in total. The van der Waals surface area contributed by atoms with E-state index in [2.05, 4.69) is 10.3 Å². The summed E-state index contributed by atoms with van der Waals surface area (Å²) in [5, 5.41) is 11.5. The van der Waals surface area contributed by atoms with Crippen LogP contribution >= 0.6 is 0 Å². The van der Waals surface area contributed by atoms with Crippen molar-refractivity contribution in [3.05, 3.63) is 24.0 Å². The topological polar surface area (TPSA) is 109 Å². The number of aromatic nitrogens is 1. The highest BCUT2D eigenvalue weighted by Gasteiger charge is 2.21. The Morgan fingerprint density at radius 1 is 1.47 bits per heavy atom. The molecular formula is C12H16N4O3. The lowest BCUT2D eigenvalue weighted by atomic mass is 10.1. The zero-order chi connectivity index (χ0) is 13.8. The van der Waals surface area contributed by atoms with E-state index in [9.17, 15) is 9.59 Å². The van der Waals surface area contributed by atoms with Crippen molar-refractivity contribution in [3.63, 3.8) is 0 Å². The third-order valence-corrected chi connectivity index (χ3v) is 2.98. The first-order chi connectivity index (χ1) is 9.06. The largest absolute Gasteiger partial charge is 0.478 e. The maximum atomic E-state index is 12.0. The predicted molar refractivity (Wildman–Crippen MR) is 69.0 cm³/mol. The third kappa shape index (κ3) is 3.41. The predicted octanol–water partition coefficient (Wildman–Crippen LogP) is 0.735. The molecule has 1 fully saturated rings. The molecule has 2 heterocycles. The number of piperidine rings is 1. The van der Waals surface area contributed by atoms with Gasteiger partial charge in [0, 0.05) is 25.3 Å². The van der Waals surface area contributed by atoms with Crippen LogP contribution in [-0.2, 0) is 0 Å². The van der Waals surface area contributed by atoms with Gasteiger partial charge in [0.15, 0.2) is 0 Å². The molecule has 0 aliphatic carbocycles. The van der Waals surface area contributed by atoms with Crippen molar-refractivity contribution in [3.8, 4) is 0 Å². The van der Waals surface area contributed by atoms with Crippen molar-refractivity contribution in [2.75, 3.05) is 18.4 Å². The number of carboxylic acid groups (broad SMARTS) is 1. The third-order valence-electron chi connectivity index (χ3n) is 2.98. The molecule has 7 nitrogen and oxygen atoms in total. The second-order valence-electron chi connectivity index (χ2n) is 4.55. The maximum absolute atomic E-state index is 12.0. The highest BCUT2D eigenvalue weighted by atomic mass is 16.4. The minimum absolute atomic E-state index is 0.00276. The van der Waals surface area contributed by atoms with Crippen molar-refractivity contribution >= 4 is 17.7 Å².